The van der Waals surface area contributed by atoms with Crippen molar-refractivity contribution >= 4 is 5.97 Å². The van der Waals surface area contributed by atoms with Crippen LogP contribution in [0.2, 0.25) is 0 Å². The summed E-state index contributed by atoms with van der Waals surface area (Å²) in [6.45, 7) is 12.0. The fourth-order valence-corrected chi connectivity index (χ4v) is 5.93. The average Bonchev–Trinajstić information content (AvgIpc) is 2.57. The van der Waals surface area contributed by atoms with E-state index in [-0.39, 0.29) is 35.4 Å². The summed E-state index contributed by atoms with van der Waals surface area (Å²) in [6, 6.07) is 0. The van der Waals surface area contributed by atoms with Crippen LogP contribution in [-0.4, -0.2) is 40.8 Å². The first kappa shape index (κ1) is 15.6. The summed E-state index contributed by atoms with van der Waals surface area (Å²) >= 11 is 0. The van der Waals surface area contributed by atoms with Crippen molar-refractivity contribution in [2.75, 3.05) is 0 Å². The Labute approximate surface area is 137 Å². The second kappa shape index (κ2) is 4.38. The number of aliphatic hydroxyl groups excluding tert-OH is 1. The van der Waals surface area contributed by atoms with Crippen molar-refractivity contribution in [2.45, 2.75) is 76.7 Å². The minimum atomic E-state index is -0.684. The molecule has 0 amide bonds. The van der Waals surface area contributed by atoms with Gasteiger partial charge in [0.1, 0.15) is 6.10 Å². The Kier molecular flexibility index (Phi) is 2.97. The van der Waals surface area contributed by atoms with E-state index in [0.29, 0.717) is 12.0 Å². The highest BCUT2D eigenvalue weighted by Crippen LogP contribution is 2.63. The van der Waals surface area contributed by atoms with Gasteiger partial charge in [-0.25, -0.2) is 4.79 Å². The second-order valence-electron chi connectivity index (χ2n) is 8.64. The maximum absolute atomic E-state index is 12.1. The molecule has 3 saturated heterocycles. The van der Waals surface area contributed by atoms with Gasteiger partial charge in [-0.15, -0.1) is 0 Å². The number of fused-ring (bicyclic) bond motifs is 4. The van der Waals surface area contributed by atoms with Gasteiger partial charge in [0.15, 0.2) is 5.79 Å². The number of rotatable bonds is 0. The van der Waals surface area contributed by atoms with Crippen LogP contribution in [0.3, 0.4) is 0 Å². The van der Waals surface area contributed by atoms with E-state index in [1.165, 1.54) is 0 Å². The second-order valence-corrected chi connectivity index (χ2v) is 8.64. The van der Waals surface area contributed by atoms with Gasteiger partial charge in [-0.2, -0.15) is 0 Å². The van der Waals surface area contributed by atoms with Crippen molar-refractivity contribution < 1.29 is 24.1 Å². The summed E-state index contributed by atoms with van der Waals surface area (Å²) in [5.74, 6) is -1.40. The molecular formula is C18H26O5. The Balaban J connectivity index is 1.85. The van der Waals surface area contributed by atoms with Crippen molar-refractivity contribution in [3.63, 3.8) is 0 Å². The van der Waals surface area contributed by atoms with E-state index < -0.39 is 17.5 Å². The number of esters is 1. The highest BCUT2D eigenvalue weighted by Gasteiger charge is 2.69. The molecule has 0 spiro atoms. The lowest BCUT2D eigenvalue weighted by atomic mass is 9.50. The normalized spacial score (nSPS) is 54.2. The fraction of sp³-hybridized carbons (Fsp3) is 0.833. The van der Waals surface area contributed by atoms with Gasteiger partial charge in [0, 0.05) is 16.9 Å². The molecule has 5 heteroatoms. The molecule has 23 heavy (non-hydrogen) atoms. The van der Waals surface area contributed by atoms with Gasteiger partial charge in [-0.3, -0.25) is 0 Å². The first-order valence-electron chi connectivity index (χ1n) is 8.53. The lowest BCUT2D eigenvalue weighted by Crippen LogP contribution is -2.64. The minimum Gasteiger partial charge on any atom is -0.458 e. The molecule has 3 aliphatic heterocycles. The summed E-state index contributed by atoms with van der Waals surface area (Å²) in [5, 5.41) is 10.7. The molecule has 5 rings (SSSR count). The van der Waals surface area contributed by atoms with Crippen LogP contribution in [0.15, 0.2) is 12.2 Å². The van der Waals surface area contributed by atoms with Crippen molar-refractivity contribution in [1.29, 1.82) is 0 Å². The molecule has 5 fully saturated rings. The highest BCUT2D eigenvalue weighted by molar-refractivity contribution is 5.91. The Morgan fingerprint density at radius 3 is 2.65 bits per heavy atom. The third-order valence-electron chi connectivity index (χ3n) is 6.57. The zero-order chi connectivity index (χ0) is 16.8. The summed E-state index contributed by atoms with van der Waals surface area (Å²) in [4.78, 5) is 12.1. The first-order valence-corrected chi connectivity index (χ1v) is 8.53. The van der Waals surface area contributed by atoms with Crippen LogP contribution in [0.1, 0.15) is 47.0 Å². The molecule has 0 radical (unpaired) electrons. The third-order valence-corrected chi connectivity index (χ3v) is 6.57. The molecule has 2 saturated carbocycles. The quantitative estimate of drug-likeness (QED) is 0.547. The van der Waals surface area contributed by atoms with Crippen molar-refractivity contribution in [2.24, 2.45) is 17.3 Å². The van der Waals surface area contributed by atoms with E-state index in [0.717, 1.165) is 12.8 Å². The van der Waals surface area contributed by atoms with Crippen LogP contribution in [-0.2, 0) is 19.0 Å². The van der Waals surface area contributed by atoms with Gasteiger partial charge >= 0.3 is 5.97 Å². The van der Waals surface area contributed by atoms with Crippen molar-refractivity contribution in [1.82, 2.24) is 0 Å². The van der Waals surface area contributed by atoms with Crippen LogP contribution in [0.25, 0.3) is 0 Å². The molecule has 128 valence electrons. The van der Waals surface area contributed by atoms with E-state index in [9.17, 15) is 9.90 Å². The predicted octanol–water partition coefficient (Wildman–Crippen LogP) is 2.18. The van der Waals surface area contributed by atoms with Gasteiger partial charge in [0.25, 0.3) is 0 Å². The number of carbonyl (C=O) groups is 1. The number of hydrogen-bond donors (Lipinski definition) is 1. The monoisotopic (exact) mass is 322 g/mol. The standard InChI is InChI=1S/C18H26O5/c1-9-12-10(19)8-17(4)11-6-7-18(5,23-16(2,3)22-11)14(17)13(12)21-15(9)20/h10-14,19H,1,6-8H2,2-5H3. The highest BCUT2D eigenvalue weighted by atomic mass is 16.7. The van der Waals surface area contributed by atoms with Crippen LogP contribution in [0, 0.1) is 17.3 Å². The Bertz CT molecular complexity index is 584. The fourth-order valence-electron chi connectivity index (χ4n) is 5.93. The van der Waals surface area contributed by atoms with E-state index >= 15 is 0 Å². The largest absolute Gasteiger partial charge is 0.458 e. The molecule has 5 nitrogen and oxygen atoms in total. The first-order chi connectivity index (χ1) is 10.6. The smallest absolute Gasteiger partial charge is 0.334 e. The maximum atomic E-state index is 12.1. The summed E-state index contributed by atoms with van der Waals surface area (Å²) in [5.41, 5.74) is -0.334. The number of carbonyl (C=O) groups excluding carboxylic acids is 1. The molecule has 1 N–H and O–H groups in total. The zero-order valence-electron chi connectivity index (χ0n) is 14.3. The van der Waals surface area contributed by atoms with Crippen LogP contribution >= 0.6 is 0 Å². The lowest BCUT2D eigenvalue weighted by Gasteiger charge is -2.58. The Hall–Kier alpha value is -0.910. The van der Waals surface area contributed by atoms with Crippen LogP contribution < -0.4 is 0 Å². The van der Waals surface area contributed by atoms with Crippen molar-refractivity contribution in [3.8, 4) is 0 Å². The maximum Gasteiger partial charge on any atom is 0.334 e. The van der Waals surface area contributed by atoms with E-state index in [1.807, 2.05) is 13.8 Å². The van der Waals surface area contributed by atoms with Gasteiger partial charge in [-0.05, 0) is 40.0 Å². The number of hydrogen-bond acceptors (Lipinski definition) is 5. The van der Waals surface area contributed by atoms with E-state index in [2.05, 4.69) is 20.4 Å². The minimum absolute atomic E-state index is 0.00729. The van der Waals surface area contributed by atoms with Gasteiger partial charge in [0.05, 0.1) is 23.7 Å². The molecule has 5 aliphatic rings. The lowest BCUT2D eigenvalue weighted by molar-refractivity contribution is -0.259. The van der Waals surface area contributed by atoms with Crippen molar-refractivity contribution in [3.05, 3.63) is 12.2 Å². The molecular weight excluding hydrogens is 296 g/mol. The van der Waals surface area contributed by atoms with Crippen LogP contribution in [0.5, 0.6) is 0 Å². The number of aliphatic hydroxyl groups is 1. The topological polar surface area (TPSA) is 65.0 Å². The summed E-state index contributed by atoms with van der Waals surface area (Å²) in [7, 11) is 0. The van der Waals surface area contributed by atoms with E-state index in [4.69, 9.17) is 14.2 Å². The summed E-state index contributed by atoms with van der Waals surface area (Å²) in [6.07, 6.45) is 1.32. The molecule has 2 bridgehead atoms. The van der Waals surface area contributed by atoms with Crippen LogP contribution in [0.4, 0.5) is 0 Å². The average molecular weight is 322 g/mol. The molecule has 0 aromatic rings. The van der Waals surface area contributed by atoms with Gasteiger partial charge in [0.2, 0.25) is 0 Å². The third kappa shape index (κ3) is 1.93. The van der Waals surface area contributed by atoms with E-state index in [1.54, 1.807) is 0 Å². The Morgan fingerprint density at radius 2 is 1.96 bits per heavy atom. The molecule has 0 aromatic carbocycles. The molecule has 7 unspecified atom stereocenters. The van der Waals surface area contributed by atoms with Gasteiger partial charge in [-0.1, -0.05) is 13.5 Å². The zero-order valence-corrected chi connectivity index (χ0v) is 14.3. The summed E-state index contributed by atoms with van der Waals surface area (Å²) < 4.78 is 18.4. The SMILES string of the molecule is C=C1C(=O)OC2C1C(O)CC1(C)C3CCC(C)(OC(C)(C)O3)C21. The molecule has 7 atom stereocenters. The van der Waals surface area contributed by atoms with Gasteiger partial charge < -0.3 is 19.3 Å². The molecule has 2 aliphatic carbocycles. The molecule has 0 aromatic heterocycles. The predicted molar refractivity (Wildman–Crippen MR) is 82.4 cm³/mol. The number of ether oxygens (including phenoxy) is 3. The Morgan fingerprint density at radius 1 is 1.26 bits per heavy atom. The molecule has 3 heterocycles.